The summed E-state index contributed by atoms with van der Waals surface area (Å²) in [6, 6.07) is 11.0. The molecule has 172 valence electrons. The van der Waals surface area contributed by atoms with Gasteiger partial charge in [-0.05, 0) is 59.2 Å². The molecule has 0 aliphatic heterocycles. The Morgan fingerprint density at radius 3 is 2.58 bits per heavy atom. The van der Waals surface area contributed by atoms with Crippen molar-refractivity contribution in [1.29, 1.82) is 0 Å². The third-order valence-electron chi connectivity index (χ3n) is 6.91. The quantitative estimate of drug-likeness (QED) is 0.468. The molecule has 2 unspecified atom stereocenters. The van der Waals surface area contributed by atoms with Crippen molar-refractivity contribution in [2.45, 2.75) is 102 Å². The lowest BCUT2D eigenvalue weighted by atomic mass is 9.74. The van der Waals surface area contributed by atoms with Gasteiger partial charge in [0.2, 0.25) is 0 Å². The summed E-state index contributed by atoms with van der Waals surface area (Å²) in [5, 5.41) is 16.9. The highest BCUT2D eigenvalue weighted by molar-refractivity contribution is 7.10. The van der Waals surface area contributed by atoms with Crippen molar-refractivity contribution >= 4 is 11.3 Å². The molecule has 4 heteroatoms. The zero-order valence-electron chi connectivity index (χ0n) is 19.9. The first-order valence-corrected chi connectivity index (χ1v) is 13.0. The van der Waals surface area contributed by atoms with Crippen LogP contribution in [0.15, 0.2) is 35.7 Å². The Bertz CT molecular complexity index is 817. The van der Waals surface area contributed by atoms with E-state index in [4.69, 9.17) is 5.73 Å². The number of hydrogen-bond donors (Lipinski definition) is 3. The predicted molar refractivity (Wildman–Crippen MR) is 134 cm³/mol. The summed E-state index contributed by atoms with van der Waals surface area (Å²) < 4.78 is 0. The molecule has 1 aliphatic carbocycles. The number of nitrogens with two attached hydrogens (primary N) is 1. The van der Waals surface area contributed by atoms with E-state index in [1.165, 1.54) is 40.8 Å². The third kappa shape index (κ3) is 6.19. The molecule has 0 radical (unpaired) electrons. The van der Waals surface area contributed by atoms with Crippen molar-refractivity contribution in [1.82, 2.24) is 5.32 Å². The second-order valence-corrected chi connectivity index (χ2v) is 11.4. The van der Waals surface area contributed by atoms with E-state index in [-0.39, 0.29) is 17.0 Å². The number of aliphatic hydroxyl groups is 1. The summed E-state index contributed by atoms with van der Waals surface area (Å²) in [5.74, 6) is 0. The first-order chi connectivity index (χ1) is 14.7. The molecule has 1 fully saturated rings. The van der Waals surface area contributed by atoms with E-state index in [2.05, 4.69) is 68.7 Å². The minimum atomic E-state index is -0.554. The highest BCUT2D eigenvalue weighted by atomic mass is 32.1. The topological polar surface area (TPSA) is 58.3 Å². The van der Waals surface area contributed by atoms with Crippen molar-refractivity contribution in [3.05, 3.63) is 57.3 Å². The van der Waals surface area contributed by atoms with E-state index >= 15 is 0 Å². The summed E-state index contributed by atoms with van der Waals surface area (Å²) in [5.41, 5.74) is 10.7. The molecular weight excluding hydrogens is 400 g/mol. The summed E-state index contributed by atoms with van der Waals surface area (Å²) in [6.07, 6.45) is 8.41. The smallest absolute Gasteiger partial charge is 0.0819 e. The molecule has 1 aromatic carbocycles. The van der Waals surface area contributed by atoms with Crippen LogP contribution in [0.25, 0.3) is 0 Å². The molecule has 1 aliphatic rings. The van der Waals surface area contributed by atoms with Crippen molar-refractivity contribution in [2.75, 3.05) is 6.54 Å². The Balaban J connectivity index is 1.71. The Morgan fingerprint density at radius 1 is 1.16 bits per heavy atom. The SMILES string of the molecule is CCCc1ccsc1CC(N)C(O)CNC1(c2cccc(C(C)(C)C)c2)CCCCC1. The fourth-order valence-corrected chi connectivity index (χ4v) is 5.85. The molecule has 1 aromatic heterocycles. The number of benzene rings is 1. The number of rotatable bonds is 9. The molecule has 0 spiro atoms. The number of thiophene rings is 1. The molecular formula is C27H42N2OS. The maximum atomic E-state index is 10.9. The number of nitrogens with one attached hydrogen (secondary N) is 1. The highest BCUT2D eigenvalue weighted by Crippen LogP contribution is 2.38. The van der Waals surface area contributed by atoms with Crippen LogP contribution in [0.1, 0.15) is 87.8 Å². The molecule has 31 heavy (non-hydrogen) atoms. The van der Waals surface area contributed by atoms with Gasteiger partial charge in [0, 0.05) is 23.0 Å². The Labute approximate surface area is 193 Å². The average molecular weight is 443 g/mol. The average Bonchev–Trinajstić information content (AvgIpc) is 3.19. The van der Waals surface area contributed by atoms with Gasteiger partial charge < -0.3 is 16.2 Å². The van der Waals surface area contributed by atoms with Gasteiger partial charge in [-0.2, -0.15) is 0 Å². The minimum Gasteiger partial charge on any atom is -0.390 e. The van der Waals surface area contributed by atoms with Gasteiger partial charge in [-0.3, -0.25) is 0 Å². The zero-order chi connectivity index (χ0) is 22.5. The number of aliphatic hydroxyl groups excluding tert-OH is 1. The van der Waals surface area contributed by atoms with Crippen LogP contribution in [-0.4, -0.2) is 23.8 Å². The normalized spacial score (nSPS) is 18.6. The second kappa shape index (κ2) is 10.6. The predicted octanol–water partition coefficient (Wildman–Crippen LogP) is 5.68. The Morgan fingerprint density at radius 2 is 1.90 bits per heavy atom. The summed E-state index contributed by atoms with van der Waals surface area (Å²) in [6.45, 7) is 9.56. The van der Waals surface area contributed by atoms with Gasteiger partial charge in [0.25, 0.3) is 0 Å². The second-order valence-electron chi connectivity index (χ2n) is 10.4. The Kier molecular flexibility index (Phi) is 8.37. The molecule has 2 aromatic rings. The van der Waals surface area contributed by atoms with Crippen LogP contribution in [0.3, 0.4) is 0 Å². The molecule has 0 amide bonds. The van der Waals surface area contributed by atoms with E-state index in [0.29, 0.717) is 6.54 Å². The molecule has 3 rings (SSSR count). The standard InChI is InChI=1S/C27H42N2OS/c1-5-10-20-13-16-31-25(20)18-23(28)24(30)19-29-27(14-7-6-8-15-27)22-12-9-11-21(17-22)26(2,3)4/h9,11-13,16-17,23-24,29-30H,5-8,10,14-15,18-19,28H2,1-4H3. The molecule has 3 nitrogen and oxygen atoms in total. The van der Waals surface area contributed by atoms with E-state index in [9.17, 15) is 5.11 Å². The summed E-state index contributed by atoms with van der Waals surface area (Å²) in [7, 11) is 0. The largest absolute Gasteiger partial charge is 0.390 e. The lowest BCUT2D eigenvalue weighted by molar-refractivity contribution is 0.117. The van der Waals surface area contributed by atoms with Crippen LogP contribution in [0.2, 0.25) is 0 Å². The lowest BCUT2D eigenvalue weighted by Gasteiger charge is -2.40. The van der Waals surface area contributed by atoms with Crippen molar-refractivity contribution < 1.29 is 5.11 Å². The zero-order valence-corrected chi connectivity index (χ0v) is 20.7. The molecule has 1 heterocycles. The van der Waals surface area contributed by atoms with Crippen molar-refractivity contribution in [3.8, 4) is 0 Å². The van der Waals surface area contributed by atoms with E-state index in [1.54, 1.807) is 11.3 Å². The van der Waals surface area contributed by atoms with Gasteiger partial charge in [0.15, 0.2) is 0 Å². The Hall–Kier alpha value is -1.20. The fraction of sp³-hybridized carbons (Fsp3) is 0.630. The fourth-order valence-electron chi connectivity index (χ4n) is 4.85. The maximum absolute atomic E-state index is 10.9. The van der Waals surface area contributed by atoms with Crippen LogP contribution in [0.4, 0.5) is 0 Å². The van der Waals surface area contributed by atoms with Crippen molar-refractivity contribution in [2.24, 2.45) is 5.73 Å². The minimum absolute atomic E-state index is 0.0590. The van der Waals surface area contributed by atoms with Crippen LogP contribution in [-0.2, 0) is 23.8 Å². The molecule has 0 bridgehead atoms. The van der Waals surface area contributed by atoms with Gasteiger partial charge in [-0.15, -0.1) is 11.3 Å². The van der Waals surface area contributed by atoms with Gasteiger partial charge in [-0.1, -0.05) is 77.6 Å². The number of aryl methyl sites for hydroxylation is 1. The molecule has 4 N–H and O–H groups in total. The first kappa shape index (κ1) is 24.4. The van der Waals surface area contributed by atoms with Gasteiger partial charge in [0.1, 0.15) is 0 Å². The first-order valence-electron chi connectivity index (χ1n) is 12.1. The number of hydrogen-bond acceptors (Lipinski definition) is 4. The van der Waals surface area contributed by atoms with E-state index in [0.717, 1.165) is 32.1 Å². The van der Waals surface area contributed by atoms with E-state index < -0.39 is 6.10 Å². The lowest BCUT2D eigenvalue weighted by Crippen LogP contribution is -2.51. The monoisotopic (exact) mass is 442 g/mol. The van der Waals surface area contributed by atoms with Crippen LogP contribution >= 0.6 is 11.3 Å². The molecule has 2 atom stereocenters. The van der Waals surface area contributed by atoms with Gasteiger partial charge in [-0.25, -0.2) is 0 Å². The van der Waals surface area contributed by atoms with Gasteiger partial charge in [0.05, 0.1) is 6.10 Å². The van der Waals surface area contributed by atoms with Crippen molar-refractivity contribution in [3.63, 3.8) is 0 Å². The molecule has 0 saturated heterocycles. The summed E-state index contributed by atoms with van der Waals surface area (Å²) in [4.78, 5) is 1.33. The van der Waals surface area contributed by atoms with Crippen LogP contribution in [0, 0.1) is 0 Å². The van der Waals surface area contributed by atoms with E-state index in [1.807, 2.05) is 0 Å². The molecule has 1 saturated carbocycles. The van der Waals surface area contributed by atoms with Gasteiger partial charge >= 0.3 is 0 Å². The van der Waals surface area contributed by atoms with Crippen LogP contribution in [0.5, 0.6) is 0 Å². The third-order valence-corrected chi connectivity index (χ3v) is 7.90. The van der Waals surface area contributed by atoms with Crippen LogP contribution < -0.4 is 11.1 Å². The maximum Gasteiger partial charge on any atom is 0.0819 e. The summed E-state index contributed by atoms with van der Waals surface area (Å²) >= 11 is 1.77. The highest BCUT2D eigenvalue weighted by Gasteiger charge is 2.35.